The molecule has 0 aliphatic rings. The monoisotopic (exact) mass is 282 g/mol. The number of sulfonamides is 1. The van der Waals surface area contributed by atoms with Crippen molar-refractivity contribution in [3.63, 3.8) is 0 Å². The van der Waals surface area contributed by atoms with Crippen molar-refractivity contribution in [1.29, 1.82) is 0 Å². The Bertz CT molecular complexity index is 579. The van der Waals surface area contributed by atoms with Crippen molar-refractivity contribution in [3.05, 3.63) is 36.4 Å². The molecule has 104 valence electrons. The van der Waals surface area contributed by atoms with Crippen LogP contribution in [0.4, 0.5) is 5.69 Å². The van der Waals surface area contributed by atoms with E-state index in [-0.39, 0.29) is 10.8 Å². The largest absolute Gasteiger partial charge is 0.322 e. The van der Waals surface area contributed by atoms with Gasteiger partial charge in [0.15, 0.2) is 0 Å². The Morgan fingerprint density at radius 3 is 2.63 bits per heavy atom. The second kappa shape index (κ2) is 6.49. The summed E-state index contributed by atoms with van der Waals surface area (Å²) < 4.78 is 26.3. The highest BCUT2D eigenvalue weighted by molar-refractivity contribution is 7.89. The fourth-order valence-electron chi connectivity index (χ4n) is 1.30. The van der Waals surface area contributed by atoms with Crippen molar-refractivity contribution in [2.75, 3.05) is 11.9 Å². The Kier molecular flexibility index (Phi) is 5.26. The highest BCUT2D eigenvalue weighted by Crippen LogP contribution is 2.15. The first-order valence-corrected chi connectivity index (χ1v) is 7.41. The molecule has 0 unspecified atom stereocenters. The topological polar surface area (TPSA) is 75.3 Å². The minimum atomic E-state index is -3.52. The zero-order valence-electron chi connectivity index (χ0n) is 11.1. The SMILES string of the molecule is C=C(C)C(=O)Nc1cccc(S(=O)(=O)NCCC)c1. The molecule has 0 atom stereocenters. The number of anilines is 1. The second-order valence-electron chi connectivity index (χ2n) is 4.16. The lowest BCUT2D eigenvalue weighted by Crippen LogP contribution is -2.24. The summed E-state index contributed by atoms with van der Waals surface area (Å²) in [6.07, 6.45) is 0.714. The molecular weight excluding hydrogens is 264 g/mol. The Labute approximate surface area is 113 Å². The van der Waals surface area contributed by atoms with Crippen LogP contribution < -0.4 is 10.0 Å². The van der Waals surface area contributed by atoms with E-state index in [0.717, 1.165) is 0 Å². The van der Waals surface area contributed by atoms with Crippen LogP contribution in [0.3, 0.4) is 0 Å². The highest BCUT2D eigenvalue weighted by Gasteiger charge is 2.13. The number of amides is 1. The number of carbonyl (C=O) groups is 1. The van der Waals surface area contributed by atoms with Gasteiger partial charge in [0, 0.05) is 17.8 Å². The molecule has 0 bridgehead atoms. The molecule has 1 aromatic carbocycles. The number of hydrogen-bond donors (Lipinski definition) is 2. The van der Waals surface area contributed by atoms with Crippen molar-refractivity contribution >= 4 is 21.6 Å². The van der Waals surface area contributed by atoms with Crippen LogP contribution in [0.2, 0.25) is 0 Å². The number of benzene rings is 1. The highest BCUT2D eigenvalue weighted by atomic mass is 32.2. The molecule has 6 heteroatoms. The molecule has 0 spiro atoms. The van der Waals surface area contributed by atoms with E-state index in [2.05, 4.69) is 16.6 Å². The molecule has 0 saturated heterocycles. The van der Waals surface area contributed by atoms with E-state index in [4.69, 9.17) is 0 Å². The van der Waals surface area contributed by atoms with Gasteiger partial charge in [0.25, 0.3) is 5.91 Å². The van der Waals surface area contributed by atoms with E-state index >= 15 is 0 Å². The van der Waals surface area contributed by atoms with E-state index in [0.29, 0.717) is 24.2 Å². The smallest absolute Gasteiger partial charge is 0.250 e. The summed E-state index contributed by atoms with van der Waals surface area (Å²) in [6, 6.07) is 6.10. The van der Waals surface area contributed by atoms with Crippen LogP contribution in [0.25, 0.3) is 0 Å². The molecule has 0 aromatic heterocycles. The minimum Gasteiger partial charge on any atom is -0.322 e. The maximum Gasteiger partial charge on any atom is 0.250 e. The van der Waals surface area contributed by atoms with Gasteiger partial charge in [0.05, 0.1) is 4.90 Å². The third kappa shape index (κ3) is 4.50. The molecule has 2 N–H and O–H groups in total. The minimum absolute atomic E-state index is 0.125. The summed E-state index contributed by atoms with van der Waals surface area (Å²) in [4.78, 5) is 11.6. The second-order valence-corrected chi connectivity index (χ2v) is 5.93. The van der Waals surface area contributed by atoms with Gasteiger partial charge >= 0.3 is 0 Å². The summed E-state index contributed by atoms with van der Waals surface area (Å²) in [5.74, 6) is -0.337. The fourth-order valence-corrected chi connectivity index (χ4v) is 2.48. The molecule has 1 amide bonds. The van der Waals surface area contributed by atoms with Gasteiger partial charge in [0.1, 0.15) is 0 Å². The summed E-state index contributed by atoms with van der Waals surface area (Å²) in [7, 11) is -3.52. The van der Waals surface area contributed by atoms with Crippen molar-refractivity contribution in [3.8, 4) is 0 Å². The third-order valence-electron chi connectivity index (χ3n) is 2.33. The Balaban J connectivity index is 2.94. The number of rotatable bonds is 6. The van der Waals surface area contributed by atoms with E-state index in [9.17, 15) is 13.2 Å². The van der Waals surface area contributed by atoms with Crippen molar-refractivity contribution in [2.24, 2.45) is 0 Å². The summed E-state index contributed by atoms with van der Waals surface area (Å²) >= 11 is 0. The van der Waals surface area contributed by atoms with Crippen LogP contribution in [-0.2, 0) is 14.8 Å². The van der Waals surface area contributed by atoms with Crippen LogP contribution in [0.5, 0.6) is 0 Å². The average Bonchev–Trinajstić information content (AvgIpc) is 2.36. The molecule has 0 aliphatic carbocycles. The molecular formula is C13H18N2O3S. The predicted molar refractivity (Wildman–Crippen MR) is 75.4 cm³/mol. The maximum absolute atomic E-state index is 11.9. The fraction of sp³-hybridized carbons (Fsp3) is 0.308. The Hall–Kier alpha value is -1.66. The van der Waals surface area contributed by atoms with Crippen LogP contribution in [-0.4, -0.2) is 20.9 Å². The molecule has 5 nitrogen and oxygen atoms in total. The number of hydrogen-bond acceptors (Lipinski definition) is 3. The standard InChI is InChI=1S/C13H18N2O3S/c1-4-8-14-19(17,18)12-7-5-6-11(9-12)15-13(16)10(2)3/h5-7,9,14H,2,4,8H2,1,3H3,(H,15,16). The third-order valence-corrected chi connectivity index (χ3v) is 3.79. The quantitative estimate of drug-likeness (QED) is 0.782. The molecule has 1 rings (SSSR count). The van der Waals surface area contributed by atoms with E-state index in [1.54, 1.807) is 19.1 Å². The first kappa shape index (κ1) is 15.4. The van der Waals surface area contributed by atoms with E-state index < -0.39 is 10.0 Å². The lowest BCUT2D eigenvalue weighted by molar-refractivity contribution is -0.112. The molecule has 0 aliphatic heterocycles. The normalized spacial score (nSPS) is 11.1. The summed E-state index contributed by atoms with van der Waals surface area (Å²) in [5, 5.41) is 2.58. The maximum atomic E-state index is 11.9. The van der Waals surface area contributed by atoms with Gasteiger partial charge in [-0.3, -0.25) is 4.79 Å². The zero-order valence-corrected chi connectivity index (χ0v) is 11.9. The first-order valence-electron chi connectivity index (χ1n) is 5.93. The van der Waals surface area contributed by atoms with Gasteiger partial charge in [-0.25, -0.2) is 13.1 Å². The lowest BCUT2D eigenvalue weighted by Gasteiger charge is -2.08. The van der Waals surface area contributed by atoms with Gasteiger partial charge in [0.2, 0.25) is 10.0 Å². The Morgan fingerprint density at radius 2 is 2.05 bits per heavy atom. The van der Waals surface area contributed by atoms with Gasteiger partial charge in [-0.2, -0.15) is 0 Å². The van der Waals surface area contributed by atoms with Crippen LogP contribution in [0, 0.1) is 0 Å². The molecule has 0 radical (unpaired) electrons. The zero-order chi connectivity index (χ0) is 14.5. The van der Waals surface area contributed by atoms with Crippen LogP contribution >= 0.6 is 0 Å². The lowest BCUT2D eigenvalue weighted by atomic mass is 10.3. The predicted octanol–water partition coefficient (Wildman–Crippen LogP) is 1.89. The molecule has 0 heterocycles. The van der Waals surface area contributed by atoms with Crippen molar-refractivity contribution in [2.45, 2.75) is 25.2 Å². The number of nitrogens with one attached hydrogen (secondary N) is 2. The number of carbonyl (C=O) groups excluding carboxylic acids is 1. The summed E-state index contributed by atoms with van der Waals surface area (Å²) in [5.41, 5.74) is 0.782. The molecule has 1 aromatic rings. The average molecular weight is 282 g/mol. The van der Waals surface area contributed by atoms with Gasteiger partial charge < -0.3 is 5.32 Å². The van der Waals surface area contributed by atoms with E-state index in [1.165, 1.54) is 12.1 Å². The van der Waals surface area contributed by atoms with Crippen LogP contribution in [0.1, 0.15) is 20.3 Å². The van der Waals surface area contributed by atoms with Gasteiger partial charge in [-0.1, -0.05) is 19.6 Å². The summed E-state index contributed by atoms with van der Waals surface area (Å²) in [6.45, 7) is 7.36. The van der Waals surface area contributed by atoms with Crippen molar-refractivity contribution < 1.29 is 13.2 Å². The Morgan fingerprint density at radius 1 is 1.37 bits per heavy atom. The molecule has 0 fully saturated rings. The van der Waals surface area contributed by atoms with E-state index in [1.807, 2.05) is 6.92 Å². The molecule has 0 saturated carbocycles. The van der Waals surface area contributed by atoms with Gasteiger partial charge in [-0.15, -0.1) is 0 Å². The van der Waals surface area contributed by atoms with Crippen molar-refractivity contribution in [1.82, 2.24) is 4.72 Å². The van der Waals surface area contributed by atoms with Crippen LogP contribution in [0.15, 0.2) is 41.3 Å². The van der Waals surface area contributed by atoms with Gasteiger partial charge in [-0.05, 0) is 31.5 Å². The molecule has 19 heavy (non-hydrogen) atoms. The first-order chi connectivity index (χ1) is 8.86.